The van der Waals surface area contributed by atoms with Crippen LogP contribution >= 0.6 is 11.6 Å². The Morgan fingerprint density at radius 1 is 1.10 bits per heavy atom. The summed E-state index contributed by atoms with van der Waals surface area (Å²) < 4.78 is 0. The van der Waals surface area contributed by atoms with Crippen LogP contribution in [0.4, 0.5) is 0 Å². The van der Waals surface area contributed by atoms with Crippen LogP contribution in [-0.4, -0.2) is 11.1 Å². The monoisotopic (exact) mass is 288 g/mol. The van der Waals surface area contributed by atoms with Gasteiger partial charge in [0.05, 0.1) is 4.87 Å². The van der Waals surface area contributed by atoms with E-state index in [1.807, 2.05) is 61.5 Å². The first-order chi connectivity index (χ1) is 9.50. The normalized spacial score (nSPS) is 13.7. The van der Waals surface area contributed by atoms with Gasteiger partial charge in [0.25, 0.3) is 0 Å². The minimum atomic E-state index is -0.825. The number of carboxylic acid groups (broad SMARTS) is 1. The minimum absolute atomic E-state index is 0.0587. The van der Waals surface area contributed by atoms with Crippen molar-refractivity contribution in [2.45, 2.75) is 24.6 Å². The molecule has 20 heavy (non-hydrogen) atoms. The Bertz CT molecular complexity index is 591. The number of carbonyl (C=O) groups is 1. The van der Waals surface area contributed by atoms with Gasteiger partial charge >= 0.3 is 5.97 Å². The van der Waals surface area contributed by atoms with Gasteiger partial charge in [-0.15, -0.1) is 11.6 Å². The standard InChI is InChI=1S/C17H17ClO2/c1-17(18,12-11-16(19)20)15-10-6-5-9-14(15)13-7-3-2-4-8-13/h2-10H,11-12H2,1H3,(H,19,20). The molecule has 1 atom stereocenters. The topological polar surface area (TPSA) is 37.3 Å². The van der Waals surface area contributed by atoms with Crippen LogP contribution in [-0.2, 0) is 9.67 Å². The van der Waals surface area contributed by atoms with Crippen LogP contribution in [0.5, 0.6) is 0 Å². The smallest absolute Gasteiger partial charge is 0.303 e. The van der Waals surface area contributed by atoms with E-state index in [9.17, 15) is 4.79 Å². The molecule has 0 aliphatic rings. The molecule has 2 rings (SSSR count). The summed E-state index contributed by atoms with van der Waals surface area (Å²) in [5, 5.41) is 8.85. The van der Waals surface area contributed by atoms with Crippen LogP contribution in [0, 0.1) is 0 Å². The molecule has 1 unspecified atom stereocenters. The summed E-state index contributed by atoms with van der Waals surface area (Å²) in [5.74, 6) is -0.825. The maximum Gasteiger partial charge on any atom is 0.303 e. The second-order valence-electron chi connectivity index (χ2n) is 5.00. The predicted octanol–water partition coefficient (Wildman–Crippen LogP) is 4.67. The summed E-state index contributed by atoms with van der Waals surface area (Å²) in [7, 11) is 0. The van der Waals surface area contributed by atoms with Gasteiger partial charge < -0.3 is 5.11 Å². The first kappa shape index (κ1) is 14.6. The summed E-state index contributed by atoms with van der Waals surface area (Å²) in [6.45, 7) is 1.87. The molecule has 0 saturated carbocycles. The van der Waals surface area contributed by atoms with Crippen LogP contribution < -0.4 is 0 Å². The van der Waals surface area contributed by atoms with Crippen LogP contribution in [0.25, 0.3) is 11.1 Å². The fourth-order valence-corrected chi connectivity index (χ4v) is 2.54. The highest BCUT2D eigenvalue weighted by molar-refractivity contribution is 6.24. The SMILES string of the molecule is CC(Cl)(CCC(=O)O)c1ccccc1-c1ccccc1. The zero-order valence-corrected chi connectivity index (χ0v) is 12.1. The van der Waals surface area contributed by atoms with Crippen molar-refractivity contribution in [1.29, 1.82) is 0 Å². The van der Waals surface area contributed by atoms with Crippen LogP contribution in [0.15, 0.2) is 54.6 Å². The van der Waals surface area contributed by atoms with Crippen molar-refractivity contribution < 1.29 is 9.90 Å². The Morgan fingerprint density at radius 2 is 1.70 bits per heavy atom. The van der Waals surface area contributed by atoms with Gasteiger partial charge in [-0.2, -0.15) is 0 Å². The van der Waals surface area contributed by atoms with E-state index in [-0.39, 0.29) is 6.42 Å². The third kappa shape index (κ3) is 3.40. The van der Waals surface area contributed by atoms with Gasteiger partial charge in [0.1, 0.15) is 0 Å². The molecule has 0 saturated heterocycles. The van der Waals surface area contributed by atoms with Gasteiger partial charge in [-0.3, -0.25) is 4.79 Å². The Labute approximate surface area is 124 Å². The van der Waals surface area contributed by atoms with Crippen molar-refractivity contribution in [3.8, 4) is 11.1 Å². The molecular weight excluding hydrogens is 272 g/mol. The molecular formula is C17H17ClO2. The highest BCUT2D eigenvalue weighted by Crippen LogP contribution is 2.39. The van der Waals surface area contributed by atoms with E-state index in [2.05, 4.69) is 0 Å². The Hall–Kier alpha value is -1.80. The zero-order chi connectivity index (χ0) is 14.6. The summed E-state index contributed by atoms with van der Waals surface area (Å²) in [5.41, 5.74) is 3.11. The molecule has 0 aromatic heterocycles. The zero-order valence-electron chi connectivity index (χ0n) is 11.3. The summed E-state index contributed by atoms with van der Waals surface area (Å²) in [6, 6.07) is 17.9. The second-order valence-corrected chi connectivity index (χ2v) is 5.84. The lowest BCUT2D eigenvalue weighted by molar-refractivity contribution is -0.137. The Kier molecular flexibility index (Phi) is 4.46. The molecule has 3 heteroatoms. The van der Waals surface area contributed by atoms with Gasteiger partial charge in [0.15, 0.2) is 0 Å². The van der Waals surface area contributed by atoms with Crippen molar-refractivity contribution in [2.75, 3.05) is 0 Å². The third-order valence-electron chi connectivity index (χ3n) is 3.38. The van der Waals surface area contributed by atoms with Gasteiger partial charge in [0, 0.05) is 6.42 Å². The van der Waals surface area contributed by atoms with Crippen LogP contribution in [0.1, 0.15) is 25.3 Å². The van der Waals surface area contributed by atoms with E-state index in [1.165, 1.54) is 0 Å². The molecule has 2 aromatic carbocycles. The lowest BCUT2D eigenvalue weighted by Crippen LogP contribution is -2.17. The first-order valence-electron chi connectivity index (χ1n) is 6.56. The number of hydrogen-bond acceptors (Lipinski definition) is 1. The molecule has 0 bridgehead atoms. The summed E-state index contributed by atoms with van der Waals surface area (Å²) >= 11 is 6.60. The average Bonchev–Trinajstić information content (AvgIpc) is 2.46. The molecule has 104 valence electrons. The number of benzene rings is 2. The van der Waals surface area contributed by atoms with E-state index >= 15 is 0 Å². The molecule has 0 aliphatic heterocycles. The molecule has 0 spiro atoms. The minimum Gasteiger partial charge on any atom is -0.481 e. The summed E-state index contributed by atoms with van der Waals surface area (Å²) in [4.78, 5) is 10.1. The molecule has 1 N–H and O–H groups in total. The number of alkyl halides is 1. The number of carboxylic acids is 1. The fourth-order valence-electron chi connectivity index (χ4n) is 2.28. The van der Waals surface area contributed by atoms with Gasteiger partial charge in [0.2, 0.25) is 0 Å². The van der Waals surface area contributed by atoms with Crippen molar-refractivity contribution in [3.63, 3.8) is 0 Å². The van der Waals surface area contributed by atoms with Gasteiger partial charge in [-0.1, -0.05) is 54.6 Å². The van der Waals surface area contributed by atoms with Crippen molar-refractivity contribution in [2.24, 2.45) is 0 Å². The van der Waals surface area contributed by atoms with Crippen LogP contribution in [0.3, 0.4) is 0 Å². The maximum absolute atomic E-state index is 10.8. The van der Waals surface area contributed by atoms with E-state index < -0.39 is 10.8 Å². The number of aliphatic carboxylic acids is 1. The van der Waals surface area contributed by atoms with Crippen molar-refractivity contribution >= 4 is 17.6 Å². The van der Waals surface area contributed by atoms with E-state index in [1.54, 1.807) is 0 Å². The maximum atomic E-state index is 10.8. The Morgan fingerprint density at radius 3 is 2.35 bits per heavy atom. The summed E-state index contributed by atoms with van der Waals surface area (Å²) in [6.07, 6.45) is 0.455. The highest BCUT2D eigenvalue weighted by Gasteiger charge is 2.27. The fraction of sp³-hybridized carbons (Fsp3) is 0.235. The van der Waals surface area contributed by atoms with Crippen LogP contribution in [0.2, 0.25) is 0 Å². The lowest BCUT2D eigenvalue weighted by atomic mass is 9.88. The van der Waals surface area contributed by atoms with E-state index in [4.69, 9.17) is 16.7 Å². The predicted molar refractivity (Wildman–Crippen MR) is 82.0 cm³/mol. The molecule has 0 amide bonds. The molecule has 0 aliphatic carbocycles. The van der Waals surface area contributed by atoms with Crippen molar-refractivity contribution in [3.05, 3.63) is 60.2 Å². The number of rotatable bonds is 5. The molecule has 2 aromatic rings. The third-order valence-corrected chi connectivity index (χ3v) is 3.77. The Balaban J connectivity index is 2.39. The largest absolute Gasteiger partial charge is 0.481 e. The van der Waals surface area contributed by atoms with E-state index in [0.717, 1.165) is 16.7 Å². The average molecular weight is 289 g/mol. The van der Waals surface area contributed by atoms with Gasteiger partial charge in [-0.05, 0) is 30.0 Å². The lowest BCUT2D eigenvalue weighted by Gasteiger charge is -2.25. The molecule has 0 fully saturated rings. The molecule has 0 radical (unpaired) electrons. The highest BCUT2D eigenvalue weighted by atomic mass is 35.5. The molecule has 0 heterocycles. The first-order valence-corrected chi connectivity index (χ1v) is 6.94. The van der Waals surface area contributed by atoms with Crippen molar-refractivity contribution in [1.82, 2.24) is 0 Å². The van der Waals surface area contributed by atoms with E-state index in [0.29, 0.717) is 6.42 Å². The molecule has 2 nitrogen and oxygen atoms in total. The number of halogens is 1. The second kappa shape index (κ2) is 6.10. The van der Waals surface area contributed by atoms with Gasteiger partial charge in [-0.25, -0.2) is 0 Å². The number of hydrogen-bond donors (Lipinski definition) is 1. The quantitative estimate of drug-likeness (QED) is 0.812.